The molecule has 3 rings (SSSR count). The molecule has 1 saturated carbocycles. The van der Waals surface area contributed by atoms with Gasteiger partial charge >= 0.3 is 0 Å². The second kappa shape index (κ2) is 6.28. The van der Waals surface area contributed by atoms with Crippen LogP contribution in [0.4, 0.5) is 5.69 Å². The first kappa shape index (κ1) is 16.5. The molecule has 0 heterocycles. The van der Waals surface area contributed by atoms with E-state index in [0.29, 0.717) is 17.3 Å². The predicted octanol–water partition coefficient (Wildman–Crippen LogP) is 2.71. The third-order valence-electron chi connectivity index (χ3n) is 4.11. The van der Waals surface area contributed by atoms with Crippen molar-refractivity contribution >= 4 is 21.6 Å². The zero-order valence-corrected chi connectivity index (χ0v) is 14.5. The number of nitrogens with zero attached hydrogens (tertiary/aromatic N) is 1. The Morgan fingerprint density at radius 3 is 2.38 bits per heavy atom. The third kappa shape index (κ3) is 3.28. The van der Waals surface area contributed by atoms with E-state index < -0.39 is 10.0 Å². The van der Waals surface area contributed by atoms with E-state index >= 15 is 0 Å². The van der Waals surface area contributed by atoms with Crippen LogP contribution in [0.25, 0.3) is 0 Å². The van der Waals surface area contributed by atoms with Gasteiger partial charge in [0.15, 0.2) is 0 Å². The number of aryl methyl sites for hydroxylation is 1. The van der Waals surface area contributed by atoms with Crippen molar-refractivity contribution in [2.75, 3.05) is 11.4 Å². The molecule has 1 fully saturated rings. The summed E-state index contributed by atoms with van der Waals surface area (Å²) in [7, 11) is -2.10. The highest BCUT2D eigenvalue weighted by Gasteiger charge is 2.25. The minimum absolute atomic E-state index is 0.110. The Labute approximate surface area is 142 Å². The largest absolute Gasteiger partial charge is 0.349 e. The molecule has 0 atom stereocenters. The van der Waals surface area contributed by atoms with E-state index in [4.69, 9.17) is 0 Å². The molecule has 24 heavy (non-hydrogen) atoms. The van der Waals surface area contributed by atoms with Crippen molar-refractivity contribution in [3.05, 3.63) is 59.7 Å². The Bertz CT molecular complexity index is 859. The van der Waals surface area contributed by atoms with Crippen LogP contribution in [0.5, 0.6) is 0 Å². The van der Waals surface area contributed by atoms with Crippen molar-refractivity contribution in [3.63, 3.8) is 0 Å². The van der Waals surface area contributed by atoms with Crippen molar-refractivity contribution in [1.29, 1.82) is 0 Å². The number of nitrogens with one attached hydrogen (secondary N) is 1. The maximum absolute atomic E-state index is 12.7. The fourth-order valence-corrected chi connectivity index (χ4v) is 3.81. The zero-order valence-electron chi connectivity index (χ0n) is 13.7. The van der Waals surface area contributed by atoms with E-state index in [0.717, 1.165) is 18.4 Å². The molecule has 0 unspecified atom stereocenters. The van der Waals surface area contributed by atoms with Gasteiger partial charge in [0, 0.05) is 18.7 Å². The van der Waals surface area contributed by atoms with Gasteiger partial charge in [-0.1, -0.05) is 18.2 Å². The van der Waals surface area contributed by atoms with Gasteiger partial charge in [-0.3, -0.25) is 9.10 Å². The van der Waals surface area contributed by atoms with Crippen LogP contribution in [0.3, 0.4) is 0 Å². The van der Waals surface area contributed by atoms with Crippen LogP contribution in [-0.4, -0.2) is 27.4 Å². The number of amides is 1. The van der Waals surface area contributed by atoms with Gasteiger partial charge in [-0.15, -0.1) is 0 Å². The van der Waals surface area contributed by atoms with Crippen molar-refractivity contribution in [3.8, 4) is 0 Å². The van der Waals surface area contributed by atoms with E-state index in [1.54, 1.807) is 55.5 Å². The lowest BCUT2D eigenvalue weighted by Crippen LogP contribution is -2.28. The molecular formula is C18H20N2O3S. The molecular weight excluding hydrogens is 324 g/mol. The quantitative estimate of drug-likeness (QED) is 0.907. The fraction of sp³-hybridized carbons (Fsp3) is 0.278. The molecule has 1 N–H and O–H groups in total. The minimum atomic E-state index is -3.62. The van der Waals surface area contributed by atoms with Gasteiger partial charge in [0.2, 0.25) is 0 Å². The molecule has 2 aromatic carbocycles. The number of anilines is 1. The lowest BCUT2D eigenvalue weighted by molar-refractivity contribution is 0.0951. The summed E-state index contributed by atoms with van der Waals surface area (Å²) < 4.78 is 26.7. The van der Waals surface area contributed by atoms with Gasteiger partial charge in [-0.25, -0.2) is 8.42 Å². The van der Waals surface area contributed by atoms with Crippen LogP contribution in [0, 0.1) is 6.92 Å². The highest BCUT2D eigenvalue weighted by Crippen LogP contribution is 2.26. The molecule has 0 aliphatic heterocycles. The Kier molecular flexibility index (Phi) is 4.32. The van der Waals surface area contributed by atoms with Crippen molar-refractivity contribution in [2.24, 2.45) is 0 Å². The molecule has 126 valence electrons. The number of rotatable bonds is 5. The van der Waals surface area contributed by atoms with E-state index in [1.165, 1.54) is 11.4 Å². The van der Waals surface area contributed by atoms with Crippen LogP contribution in [0.2, 0.25) is 0 Å². The third-order valence-corrected chi connectivity index (χ3v) is 5.90. The summed E-state index contributed by atoms with van der Waals surface area (Å²) in [5, 5.41) is 2.93. The molecule has 5 nitrogen and oxygen atoms in total. The van der Waals surface area contributed by atoms with Crippen LogP contribution in [0.1, 0.15) is 28.8 Å². The van der Waals surface area contributed by atoms with Gasteiger partial charge in [-0.2, -0.15) is 0 Å². The maximum Gasteiger partial charge on any atom is 0.264 e. The van der Waals surface area contributed by atoms with Gasteiger partial charge in [-0.05, 0) is 55.7 Å². The number of carbonyl (C=O) groups excluding carboxylic acids is 1. The van der Waals surface area contributed by atoms with Crippen LogP contribution in [-0.2, 0) is 10.0 Å². The van der Waals surface area contributed by atoms with E-state index in [1.807, 2.05) is 0 Å². The summed E-state index contributed by atoms with van der Waals surface area (Å²) in [4.78, 5) is 12.3. The Hall–Kier alpha value is -2.34. The average Bonchev–Trinajstić information content (AvgIpc) is 3.39. The maximum atomic E-state index is 12.7. The van der Waals surface area contributed by atoms with Gasteiger partial charge in [0.25, 0.3) is 15.9 Å². The Morgan fingerprint density at radius 2 is 1.79 bits per heavy atom. The van der Waals surface area contributed by atoms with E-state index in [-0.39, 0.29) is 10.8 Å². The molecule has 1 amide bonds. The summed E-state index contributed by atoms with van der Waals surface area (Å²) in [5.41, 5.74) is 1.84. The summed E-state index contributed by atoms with van der Waals surface area (Å²) in [6.45, 7) is 1.81. The molecule has 0 saturated heterocycles. The van der Waals surface area contributed by atoms with Crippen LogP contribution >= 0.6 is 0 Å². The van der Waals surface area contributed by atoms with Crippen molar-refractivity contribution < 1.29 is 13.2 Å². The highest BCUT2D eigenvalue weighted by molar-refractivity contribution is 7.92. The van der Waals surface area contributed by atoms with Crippen LogP contribution in [0.15, 0.2) is 53.4 Å². The number of carbonyl (C=O) groups is 1. The second-order valence-corrected chi connectivity index (χ2v) is 8.00. The SMILES string of the molecule is Cc1cc(C(=O)NC2CC2)ccc1N(C)S(=O)(=O)c1ccccc1. The number of benzene rings is 2. The number of sulfonamides is 1. The molecule has 0 spiro atoms. The summed E-state index contributed by atoms with van der Waals surface area (Å²) in [5.74, 6) is -0.110. The van der Waals surface area contributed by atoms with E-state index in [9.17, 15) is 13.2 Å². The topological polar surface area (TPSA) is 66.5 Å². The molecule has 1 aliphatic carbocycles. The smallest absolute Gasteiger partial charge is 0.264 e. The van der Waals surface area contributed by atoms with E-state index in [2.05, 4.69) is 5.32 Å². The summed E-state index contributed by atoms with van der Waals surface area (Å²) in [6, 6.07) is 13.7. The standard InChI is InChI=1S/C18H20N2O3S/c1-13-12-14(18(21)19-15-9-10-15)8-11-17(13)20(2)24(22,23)16-6-4-3-5-7-16/h3-8,11-12,15H,9-10H2,1-2H3,(H,19,21). The molecule has 0 aromatic heterocycles. The molecule has 1 aliphatic rings. The highest BCUT2D eigenvalue weighted by atomic mass is 32.2. The van der Waals surface area contributed by atoms with Crippen molar-refractivity contribution in [1.82, 2.24) is 5.32 Å². The molecule has 0 radical (unpaired) electrons. The number of hydrogen-bond acceptors (Lipinski definition) is 3. The fourth-order valence-electron chi connectivity index (χ4n) is 2.53. The molecule has 6 heteroatoms. The second-order valence-electron chi connectivity index (χ2n) is 6.03. The van der Waals surface area contributed by atoms with Gasteiger partial charge in [0.1, 0.15) is 0 Å². The van der Waals surface area contributed by atoms with Crippen molar-refractivity contribution in [2.45, 2.75) is 30.7 Å². The van der Waals surface area contributed by atoms with Crippen LogP contribution < -0.4 is 9.62 Å². The Morgan fingerprint density at radius 1 is 1.12 bits per heavy atom. The normalized spacial score (nSPS) is 14.2. The first-order valence-corrected chi connectivity index (χ1v) is 9.29. The minimum Gasteiger partial charge on any atom is -0.349 e. The van der Waals surface area contributed by atoms with Gasteiger partial charge in [0.05, 0.1) is 10.6 Å². The number of hydrogen-bond donors (Lipinski definition) is 1. The monoisotopic (exact) mass is 344 g/mol. The Balaban J connectivity index is 1.87. The lowest BCUT2D eigenvalue weighted by Gasteiger charge is -2.22. The first-order valence-electron chi connectivity index (χ1n) is 7.85. The lowest BCUT2D eigenvalue weighted by atomic mass is 10.1. The zero-order chi connectivity index (χ0) is 17.3. The van der Waals surface area contributed by atoms with Gasteiger partial charge < -0.3 is 5.32 Å². The summed E-state index contributed by atoms with van der Waals surface area (Å²) in [6.07, 6.45) is 2.06. The first-order chi connectivity index (χ1) is 11.4. The molecule has 0 bridgehead atoms. The predicted molar refractivity (Wildman–Crippen MR) is 93.7 cm³/mol. The average molecular weight is 344 g/mol. The molecule has 2 aromatic rings. The summed E-state index contributed by atoms with van der Waals surface area (Å²) >= 11 is 0.